The molecule has 0 unspecified atom stereocenters. The average molecular weight is 418 g/mol. The number of aromatic nitrogens is 2. The molecule has 0 aliphatic carbocycles. The van der Waals surface area contributed by atoms with Crippen LogP contribution in [0.15, 0.2) is 60.4 Å². The van der Waals surface area contributed by atoms with E-state index in [1.165, 1.54) is 30.3 Å². The van der Waals surface area contributed by atoms with Crippen molar-refractivity contribution in [1.29, 1.82) is 0 Å². The van der Waals surface area contributed by atoms with Crippen molar-refractivity contribution in [3.8, 4) is 11.1 Å². The van der Waals surface area contributed by atoms with E-state index in [1.807, 2.05) is 18.5 Å². The Bertz CT molecular complexity index is 1110. The highest BCUT2D eigenvalue weighted by Gasteiger charge is 2.30. The summed E-state index contributed by atoms with van der Waals surface area (Å²) in [4.78, 5) is 12.4. The molecule has 2 aromatic carbocycles. The summed E-state index contributed by atoms with van der Waals surface area (Å²) in [6.45, 7) is 3.45. The van der Waals surface area contributed by atoms with E-state index in [0.29, 0.717) is 16.7 Å². The van der Waals surface area contributed by atoms with Crippen molar-refractivity contribution in [2.45, 2.75) is 20.0 Å². The molecule has 3 aromatic rings. The second-order valence-corrected chi connectivity index (χ2v) is 6.91. The summed E-state index contributed by atoms with van der Waals surface area (Å²) in [5.74, 6) is -0.116. The number of carbonyl (C=O) groups excluding carboxylic acids is 1. The van der Waals surface area contributed by atoms with Crippen LogP contribution >= 0.6 is 0 Å². The van der Waals surface area contributed by atoms with Crippen molar-refractivity contribution in [2.24, 2.45) is 7.05 Å². The van der Waals surface area contributed by atoms with Crippen molar-refractivity contribution < 1.29 is 27.0 Å². The third-order valence-corrected chi connectivity index (χ3v) is 4.78. The van der Waals surface area contributed by atoms with Gasteiger partial charge in [0.2, 0.25) is 0 Å². The van der Waals surface area contributed by atoms with Crippen molar-refractivity contribution >= 4 is 12.0 Å². The maximum Gasteiger partial charge on any atom is 0.416 e. The molecule has 4 nitrogen and oxygen atoms in total. The molecule has 0 bridgehead atoms. The van der Waals surface area contributed by atoms with Gasteiger partial charge in [0, 0.05) is 18.1 Å². The number of amides is 1. The lowest BCUT2D eigenvalue weighted by molar-refractivity contribution is -0.648. The number of carbonyl (C=O) groups is 1. The molecule has 0 saturated heterocycles. The summed E-state index contributed by atoms with van der Waals surface area (Å²) >= 11 is 0. The molecule has 0 radical (unpaired) electrons. The first-order valence-corrected chi connectivity index (χ1v) is 9.06. The number of hydrogen-bond acceptors (Lipinski definition) is 1. The number of nitrogens with one attached hydrogen (secondary N) is 1. The molecule has 0 spiro atoms. The minimum atomic E-state index is -4.44. The third-order valence-electron chi connectivity index (χ3n) is 4.78. The van der Waals surface area contributed by atoms with E-state index in [9.17, 15) is 22.4 Å². The summed E-state index contributed by atoms with van der Waals surface area (Å²) in [6.07, 6.45) is 0.594. The van der Waals surface area contributed by atoms with Gasteiger partial charge in [0.25, 0.3) is 11.7 Å². The lowest BCUT2D eigenvalue weighted by Crippen LogP contribution is -2.49. The first-order valence-electron chi connectivity index (χ1n) is 9.06. The zero-order valence-corrected chi connectivity index (χ0v) is 16.6. The van der Waals surface area contributed by atoms with Gasteiger partial charge in [-0.2, -0.15) is 18.6 Å². The van der Waals surface area contributed by atoms with Gasteiger partial charge in [-0.15, -0.1) is 4.68 Å². The van der Waals surface area contributed by atoms with Crippen molar-refractivity contribution in [3.63, 3.8) is 0 Å². The summed E-state index contributed by atoms with van der Waals surface area (Å²) < 4.78 is 56.0. The van der Waals surface area contributed by atoms with E-state index < -0.39 is 17.6 Å². The summed E-state index contributed by atoms with van der Waals surface area (Å²) in [5, 5.41) is 0. The second-order valence-electron chi connectivity index (χ2n) is 6.91. The van der Waals surface area contributed by atoms with Crippen LogP contribution in [0.5, 0.6) is 0 Å². The Hall–Kier alpha value is -3.42. The predicted molar refractivity (Wildman–Crippen MR) is 105 cm³/mol. The monoisotopic (exact) mass is 418 g/mol. The van der Waals surface area contributed by atoms with Crippen LogP contribution in [0.2, 0.25) is 0 Å². The normalized spacial score (nSPS) is 12.2. The van der Waals surface area contributed by atoms with Crippen LogP contribution in [0.1, 0.15) is 23.9 Å². The molecule has 1 heterocycles. The lowest BCUT2D eigenvalue weighted by Gasteiger charge is -2.09. The molecule has 1 amide bonds. The molecule has 1 N–H and O–H groups in total. The van der Waals surface area contributed by atoms with E-state index in [-0.39, 0.29) is 11.5 Å². The maximum atomic E-state index is 14.6. The molecule has 156 valence electrons. The Morgan fingerprint density at radius 1 is 1.13 bits per heavy atom. The first kappa shape index (κ1) is 21.3. The smallest absolute Gasteiger partial charge is 0.266 e. The molecular formula is C22H20F4N3O+. The average Bonchev–Trinajstić information content (AvgIpc) is 2.99. The van der Waals surface area contributed by atoms with Crippen LogP contribution in [0.25, 0.3) is 17.2 Å². The first-order chi connectivity index (χ1) is 14.1. The van der Waals surface area contributed by atoms with Gasteiger partial charge in [-0.25, -0.2) is 8.96 Å². The summed E-state index contributed by atoms with van der Waals surface area (Å²) in [7, 11) is 1.85. The molecule has 3 rings (SSSR count). The van der Waals surface area contributed by atoms with Gasteiger partial charge < -0.3 is 0 Å². The van der Waals surface area contributed by atoms with E-state index in [0.717, 1.165) is 18.0 Å². The fraction of sp³-hybridized carbons (Fsp3) is 0.182. The van der Waals surface area contributed by atoms with Crippen LogP contribution in [0.3, 0.4) is 0 Å². The zero-order valence-electron chi connectivity index (χ0n) is 16.6. The van der Waals surface area contributed by atoms with Crippen LogP contribution in [-0.2, 0) is 18.0 Å². The minimum Gasteiger partial charge on any atom is -0.266 e. The zero-order chi connectivity index (χ0) is 22.1. The number of hydrogen-bond donors (Lipinski definition) is 1. The molecule has 0 saturated carbocycles. The largest absolute Gasteiger partial charge is 0.416 e. The molecule has 0 atom stereocenters. The standard InChI is InChI=1S/C22H19F4N3O/c1-14(21(30)27-29-11-10-28(3)15(29)2)12-16-4-9-19(20(23)13-16)17-5-7-18(8-6-17)22(24,25)26/h4-13H,1-3H3/p+1/b14-12+. The lowest BCUT2D eigenvalue weighted by atomic mass is 10.0. The van der Waals surface area contributed by atoms with Gasteiger partial charge in [-0.05, 0) is 42.3 Å². The maximum absolute atomic E-state index is 14.6. The van der Waals surface area contributed by atoms with E-state index in [4.69, 9.17) is 0 Å². The van der Waals surface area contributed by atoms with Crippen LogP contribution in [-0.4, -0.2) is 10.5 Å². The Morgan fingerprint density at radius 3 is 2.33 bits per heavy atom. The van der Waals surface area contributed by atoms with Crippen LogP contribution in [0.4, 0.5) is 17.6 Å². The Morgan fingerprint density at radius 2 is 1.80 bits per heavy atom. The van der Waals surface area contributed by atoms with E-state index in [2.05, 4.69) is 5.43 Å². The third kappa shape index (κ3) is 4.59. The number of nitrogens with zero attached hydrogens (tertiary/aromatic N) is 2. The fourth-order valence-electron chi connectivity index (χ4n) is 2.88. The molecule has 30 heavy (non-hydrogen) atoms. The number of rotatable bonds is 4. The SMILES string of the molecule is C/C(=C\c1ccc(-c2ccc(C(F)(F)F)cc2)c(F)c1)C(=O)N[n+]1ccn(C)c1C. The number of alkyl halides is 3. The minimum absolute atomic E-state index is 0.179. The highest BCUT2D eigenvalue weighted by atomic mass is 19.4. The second kappa shape index (κ2) is 8.14. The van der Waals surface area contributed by atoms with Gasteiger partial charge >= 0.3 is 6.18 Å². The van der Waals surface area contributed by atoms with E-state index in [1.54, 1.807) is 30.1 Å². The molecule has 0 fully saturated rings. The number of halogens is 4. The Kier molecular flexibility index (Phi) is 5.78. The van der Waals surface area contributed by atoms with Crippen LogP contribution < -0.4 is 10.1 Å². The summed E-state index contributed by atoms with van der Waals surface area (Å²) in [5.41, 5.74) is 3.28. The highest BCUT2D eigenvalue weighted by molar-refractivity contribution is 6.01. The fourth-order valence-corrected chi connectivity index (χ4v) is 2.88. The molecule has 0 aliphatic rings. The van der Waals surface area contributed by atoms with Gasteiger partial charge in [-0.1, -0.05) is 24.3 Å². The van der Waals surface area contributed by atoms with Gasteiger partial charge in [0.05, 0.1) is 12.6 Å². The quantitative estimate of drug-likeness (QED) is 0.375. The Labute approximate surface area is 171 Å². The van der Waals surface area contributed by atoms with Crippen molar-refractivity contribution in [3.05, 3.63) is 83.2 Å². The topological polar surface area (TPSA) is 37.9 Å². The van der Waals surface area contributed by atoms with Crippen LogP contribution in [0, 0.1) is 12.7 Å². The predicted octanol–water partition coefficient (Wildman–Crippen LogP) is 4.62. The van der Waals surface area contributed by atoms with Crippen molar-refractivity contribution in [2.75, 3.05) is 5.43 Å². The van der Waals surface area contributed by atoms with Crippen molar-refractivity contribution in [1.82, 2.24) is 4.57 Å². The van der Waals surface area contributed by atoms with Gasteiger partial charge in [0.15, 0.2) is 6.20 Å². The molecule has 0 aliphatic heterocycles. The molecule has 1 aromatic heterocycles. The number of benzene rings is 2. The summed E-state index contributed by atoms with van der Waals surface area (Å²) in [6, 6.07) is 8.62. The van der Waals surface area contributed by atoms with Gasteiger partial charge in [-0.3, -0.25) is 4.79 Å². The van der Waals surface area contributed by atoms with Gasteiger partial charge in [0.1, 0.15) is 12.0 Å². The molecule has 8 heteroatoms. The highest BCUT2D eigenvalue weighted by Crippen LogP contribution is 2.31. The Balaban J connectivity index is 1.79. The van der Waals surface area contributed by atoms with E-state index >= 15 is 0 Å². The molecular weight excluding hydrogens is 398 g/mol. The number of aryl methyl sites for hydroxylation is 1. The number of imidazole rings is 1.